The van der Waals surface area contributed by atoms with Crippen LogP contribution in [-0.2, 0) is 0 Å². The number of hydrogen-bond acceptors (Lipinski definition) is 4. The smallest absolute Gasteiger partial charge is 0.0818 e. The van der Waals surface area contributed by atoms with E-state index in [9.17, 15) is 0 Å². The highest BCUT2D eigenvalue weighted by molar-refractivity contribution is 7.09. The molecule has 0 bridgehead atoms. The lowest BCUT2D eigenvalue weighted by molar-refractivity contribution is 0.645. The predicted molar refractivity (Wildman–Crippen MR) is 83.2 cm³/mol. The van der Waals surface area contributed by atoms with E-state index in [0.29, 0.717) is 0 Å². The van der Waals surface area contributed by atoms with Crippen molar-refractivity contribution in [2.24, 2.45) is 5.84 Å². The highest BCUT2D eigenvalue weighted by Crippen LogP contribution is 2.26. The molecule has 1 atom stereocenters. The Labute approximate surface area is 122 Å². The molecule has 0 aliphatic carbocycles. The minimum atomic E-state index is -0.00711. The van der Waals surface area contributed by atoms with Gasteiger partial charge in [0.2, 0.25) is 0 Å². The maximum absolute atomic E-state index is 5.67. The van der Waals surface area contributed by atoms with Crippen molar-refractivity contribution in [3.05, 3.63) is 76.7 Å². The van der Waals surface area contributed by atoms with Crippen LogP contribution in [0.1, 0.15) is 16.5 Å². The third-order valence-corrected chi connectivity index (χ3v) is 4.09. The first-order valence-corrected chi connectivity index (χ1v) is 7.26. The van der Waals surface area contributed by atoms with E-state index in [4.69, 9.17) is 5.84 Å². The molecule has 1 aromatic heterocycles. The van der Waals surface area contributed by atoms with Gasteiger partial charge in [-0.05, 0) is 16.7 Å². The van der Waals surface area contributed by atoms with Crippen molar-refractivity contribution in [2.75, 3.05) is 0 Å². The molecule has 3 aromatic rings. The largest absolute Gasteiger partial charge is 0.271 e. The zero-order valence-electron chi connectivity index (χ0n) is 10.9. The summed E-state index contributed by atoms with van der Waals surface area (Å²) in [5, 5.41) is 0. The van der Waals surface area contributed by atoms with E-state index < -0.39 is 0 Å². The van der Waals surface area contributed by atoms with E-state index in [1.807, 2.05) is 29.9 Å². The maximum atomic E-state index is 5.67. The molecule has 0 spiro atoms. The molecule has 0 radical (unpaired) electrons. The molecule has 20 heavy (non-hydrogen) atoms. The van der Waals surface area contributed by atoms with Gasteiger partial charge in [0.1, 0.15) is 0 Å². The minimum Gasteiger partial charge on any atom is -0.271 e. The molecule has 0 amide bonds. The van der Waals surface area contributed by atoms with Gasteiger partial charge in [-0.2, -0.15) is 0 Å². The van der Waals surface area contributed by atoms with E-state index in [2.05, 4.69) is 46.8 Å². The molecule has 100 valence electrons. The Kier molecular flexibility index (Phi) is 3.87. The Balaban J connectivity index is 1.89. The Morgan fingerprint density at radius 2 is 1.65 bits per heavy atom. The molecule has 3 rings (SSSR count). The van der Waals surface area contributed by atoms with Crippen molar-refractivity contribution in [1.82, 2.24) is 10.4 Å². The summed E-state index contributed by atoms with van der Waals surface area (Å²) in [6.07, 6.45) is 1.85. The van der Waals surface area contributed by atoms with E-state index >= 15 is 0 Å². The zero-order chi connectivity index (χ0) is 13.8. The molecule has 2 aromatic carbocycles. The molecule has 0 saturated heterocycles. The van der Waals surface area contributed by atoms with Crippen molar-refractivity contribution in [3.8, 4) is 11.1 Å². The summed E-state index contributed by atoms with van der Waals surface area (Å²) in [5.41, 5.74) is 8.22. The second-order valence-corrected chi connectivity index (χ2v) is 5.41. The van der Waals surface area contributed by atoms with Crippen molar-refractivity contribution >= 4 is 11.3 Å². The van der Waals surface area contributed by atoms with Crippen LogP contribution in [0.25, 0.3) is 11.1 Å². The Morgan fingerprint density at radius 3 is 2.25 bits per heavy atom. The first kappa shape index (κ1) is 13.0. The van der Waals surface area contributed by atoms with Gasteiger partial charge < -0.3 is 0 Å². The minimum absolute atomic E-state index is 0.00711. The van der Waals surface area contributed by atoms with Gasteiger partial charge in [0, 0.05) is 11.1 Å². The van der Waals surface area contributed by atoms with Crippen LogP contribution in [0.4, 0.5) is 0 Å². The standard InChI is InChI=1S/C16H15N3S/c17-19-16(15-10-18-11-20-15)14-8-6-13(7-9-14)12-4-2-1-3-5-12/h1-11,16,19H,17H2. The van der Waals surface area contributed by atoms with Crippen molar-refractivity contribution in [3.63, 3.8) is 0 Å². The molecular formula is C16H15N3S. The van der Waals surface area contributed by atoms with E-state index in [0.717, 1.165) is 10.4 Å². The molecule has 1 heterocycles. The Bertz CT molecular complexity index is 648. The van der Waals surface area contributed by atoms with E-state index in [1.165, 1.54) is 11.1 Å². The van der Waals surface area contributed by atoms with Crippen LogP contribution < -0.4 is 11.3 Å². The van der Waals surface area contributed by atoms with Crippen LogP contribution in [0.3, 0.4) is 0 Å². The van der Waals surface area contributed by atoms with Crippen LogP contribution in [0.15, 0.2) is 66.3 Å². The summed E-state index contributed by atoms with van der Waals surface area (Å²) >= 11 is 1.60. The number of nitrogens with zero attached hydrogens (tertiary/aromatic N) is 1. The lowest BCUT2D eigenvalue weighted by atomic mass is 10.0. The number of hydrogen-bond donors (Lipinski definition) is 2. The number of thiazole rings is 1. The van der Waals surface area contributed by atoms with Crippen LogP contribution in [0, 0.1) is 0 Å². The first-order valence-electron chi connectivity index (χ1n) is 6.38. The normalized spacial score (nSPS) is 12.2. The number of rotatable bonds is 4. The molecule has 0 saturated carbocycles. The Hall–Kier alpha value is -2.01. The Morgan fingerprint density at radius 1 is 0.950 bits per heavy atom. The molecular weight excluding hydrogens is 266 g/mol. The van der Waals surface area contributed by atoms with Gasteiger partial charge >= 0.3 is 0 Å². The lowest BCUT2D eigenvalue weighted by Crippen LogP contribution is -2.28. The summed E-state index contributed by atoms with van der Waals surface area (Å²) in [7, 11) is 0. The fraction of sp³-hybridized carbons (Fsp3) is 0.0625. The van der Waals surface area contributed by atoms with Crippen LogP contribution in [0.5, 0.6) is 0 Å². The molecule has 4 heteroatoms. The van der Waals surface area contributed by atoms with Crippen molar-refractivity contribution in [1.29, 1.82) is 0 Å². The van der Waals surface area contributed by atoms with Gasteiger partial charge in [-0.1, -0.05) is 54.6 Å². The lowest BCUT2D eigenvalue weighted by Gasteiger charge is -2.14. The number of hydrazine groups is 1. The number of aromatic nitrogens is 1. The molecule has 0 fully saturated rings. The molecule has 0 aliphatic heterocycles. The summed E-state index contributed by atoms with van der Waals surface area (Å²) in [6.45, 7) is 0. The van der Waals surface area contributed by atoms with Gasteiger partial charge in [0.25, 0.3) is 0 Å². The third-order valence-electron chi connectivity index (χ3n) is 3.25. The summed E-state index contributed by atoms with van der Waals surface area (Å²) < 4.78 is 0. The molecule has 1 unspecified atom stereocenters. The number of nitrogens with two attached hydrogens (primary N) is 1. The average molecular weight is 281 g/mol. The van der Waals surface area contributed by atoms with Gasteiger partial charge in [-0.3, -0.25) is 10.8 Å². The average Bonchev–Trinajstić information content (AvgIpc) is 3.04. The van der Waals surface area contributed by atoms with Crippen LogP contribution >= 0.6 is 11.3 Å². The highest BCUT2D eigenvalue weighted by atomic mass is 32.1. The number of benzene rings is 2. The van der Waals surface area contributed by atoms with Crippen molar-refractivity contribution in [2.45, 2.75) is 6.04 Å². The molecule has 3 N–H and O–H groups in total. The quantitative estimate of drug-likeness (QED) is 0.569. The van der Waals surface area contributed by atoms with Crippen LogP contribution in [0.2, 0.25) is 0 Å². The second kappa shape index (κ2) is 5.96. The first-order chi connectivity index (χ1) is 9.88. The predicted octanol–water partition coefficient (Wildman–Crippen LogP) is 3.36. The van der Waals surface area contributed by atoms with E-state index in [-0.39, 0.29) is 6.04 Å². The van der Waals surface area contributed by atoms with Gasteiger partial charge in [0.15, 0.2) is 0 Å². The SMILES string of the molecule is NNC(c1ccc(-c2ccccc2)cc1)c1cncs1. The van der Waals surface area contributed by atoms with Gasteiger partial charge in [-0.25, -0.2) is 5.43 Å². The fourth-order valence-electron chi connectivity index (χ4n) is 2.21. The van der Waals surface area contributed by atoms with Crippen molar-refractivity contribution < 1.29 is 0 Å². The monoisotopic (exact) mass is 281 g/mol. The zero-order valence-corrected chi connectivity index (χ0v) is 11.7. The third kappa shape index (κ3) is 2.63. The van der Waals surface area contributed by atoms with Gasteiger partial charge in [0.05, 0.1) is 11.6 Å². The second-order valence-electron chi connectivity index (χ2n) is 4.49. The van der Waals surface area contributed by atoms with E-state index in [1.54, 1.807) is 11.3 Å². The molecule has 3 nitrogen and oxygen atoms in total. The number of nitrogens with one attached hydrogen (secondary N) is 1. The fourth-order valence-corrected chi connectivity index (χ4v) is 2.91. The van der Waals surface area contributed by atoms with Crippen LogP contribution in [-0.4, -0.2) is 4.98 Å². The highest BCUT2D eigenvalue weighted by Gasteiger charge is 2.13. The summed E-state index contributed by atoms with van der Waals surface area (Å²) in [5.74, 6) is 5.67. The van der Waals surface area contributed by atoms with Gasteiger partial charge in [-0.15, -0.1) is 11.3 Å². The molecule has 0 aliphatic rings. The topological polar surface area (TPSA) is 50.9 Å². The summed E-state index contributed by atoms with van der Waals surface area (Å²) in [4.78, 5) is 5.22. The maximum Gasteiger partial charge on any atom is 0.0818 e. The summed E-state index contributed by atoms with van der Waals surface area (Å²) in [6, 6.07) is 18.8.